The Kier molecular flexibility index (Phi) is 6.32. The third-order valence-electron chi connectivity index (χ3n) is 5.11. The van der Waals surface area contributed by atoms with Crippen LogP contribution in [0.4, 0.5) is 11.4 Å². The number of carbonyl (C=O) groups excluding carboxylic acids is 3. The molecule has 0 atom stereocenters. The van der Waals surface area contributed by atoms with Crippen LogP contribution >= 0.6 is 0 Å². The van der Waals surface area contributed by atoms with Gasteiger partial charge in [0.1, 0.15) is 0 Å². The van der Waals surface area contributed by atoms with E-state index in [0.717, 1.165) is 17.9 Å². The molecule has 2 aromatic rings. The Morgan fingerprint density at radius 2 is 1.59 bits per heavy atom. The molecule has 0 aromatic heterocycles. The van der Waals surface area contributed by atoms with Crippen molar-refractivity contribution < 1.29 is 14.4 Å². The second kappa shape index (κ2) is 8.90. The number of nitrogens with one attached hydrogen (secondary N) is 1. The van der Waals surface area contributed by atoms with Gasteiger partial charge in [-0.2, -0.15) is 0 Å². The molecular weight excluding hydrogens is 366 g/mol. The molecule has 1 aliphatic heterocycles. The Balaban J connectivity index is 1.50. The molecule has 0 saturated carbocycles. The minimum absolute atomic E-state index is 0.134. The smallest absolute Gasteiger partial charge is 0.261 e. The number of imide groups is 1. The van der Waals surface area contributed by atoms with Crippen molar-refractivity contribution in [1.29, 1.82) is 0 Å². The summed E-state index contributed by atoms with van der Waals surface area (Å²) in [6.07, 6.45) is 0.661. The van der Waals surface area contributed by atoms with Gasteiger partial charge >= 0.3 is 0 Å². The topological polar surface area (TPSA) is 69.7 Å². The summed E-state index contributed by atoms with van der Waals surface area (Å²) in [4.78, 5) is 40.4. The zero-order valence-corrected chi connectivity index (χ0v) is 17.1. The predicted molar refractivity (Wildman–Crippen MR) is 114 cm³/mol. The monoisotopic (exact) mass is 393 g/mol. The largest absolute Gasteiger partial charge is 0.369 e. The van der Waals surface area contributed by atoms with E-state index >= 15 is 0 Å². The molecule has 1 aliphatic rings. The molecular formula is C23H27N3O3. The van der Waals surface area contributed by atoms with Crippen LogP contribution in [0.25, 0.3) is 0 Å². The first-order chi connectivity index (χ1) is 13.9. The number of carbonyl (C=O) groups is 3. The van der Waals surface area contributed by atoms with Crippen molar-refractivity contribution in [3.05, 3.63) is 59.7 Å². The van der Waals surface area contributed by atoms with Gasteiger partial charge in [0.05, 0.1) is 11.1 Å². The standard InChI is InChI=1S/C23H27N3O3/c1-4-25(16(2)3)18-13-11-17(12-14-18)24-21(27)10-7-15-26-22(28)19-8-5-6-9-20(19)23(26)29/h5-6,8-9,11-14,16H,4,7,10,15H2,1-3H3,(H,24,27). The molecule has 0 spiro atoms. The molecule has 2 aromatic carbocycles. The minimum Gasteiger partial charge on any atom is -0.369 e. The van der Waals surface area contributed by atoms with Gasteiger partial charge in [-0.3, -0.25) is 19.3 Å². The van der Waals surface area contributed by atoms with E-state index < -0.39 is 0 Å². The molecule has 1 N–H and O–H groups in total. The number of hydrogen-bond acceptors (Lipinski definition) is 4. The van der Waals surface area contributed by atoms with Gasteiger partial charge in [0.2, 0.25) is 5.91 Å². The summed E-state index contributed by atoms with van der Waals surface area (Å²) in [5.74, 6) is -0.704. The highest BCUT2D eigenvalue weighted by atomic mass is 16.2. The van der Waals surface area contributed by atoms with Crippen molar-refractivity contribution in [3.63, 3.8) is 0 Å². The maximum Gasteiger partial charge on any atom is 0.261 e. The van der Waals surface area contributed by atoms with Gasteiger partial charge in [-0.15, -0.1) is 0 Å². The average Bonchev–Trinajstić information content (AvgIpc) is 2.95. The summed E-state index contributed by atoms with van der Waals surface area (Å²) in [5, 5.41) is 2.87. The van der Waals surface area contributed by atoms with Crippen LogP contribution in [0.15, 0.2) is 48.5 Å². The predicted octanol–water partition coefficient (Wildman–Crippen LogP) is 3.94. The van der Waals surface area contributed by atoms with Gasteiger partial charge < -0.3 is 10.2 Å². The lowest BCUT2D eigenvalue weighted by molar-refractivity contribution is -0.116. The number of amides is 3. The second-order valence-corrected chi connectivity index (χ2v) is 7.39. The fourth-order valence-electron chi connectivity index (χ4n) is 3.65. The molecule has 6 nitrogen and oxygen atoms in total. The molecule has 1 heterocycles. The van der Waals surface area contributed by atoms with E-state index in [2.05, 4.69) is 31.0 Å². The van der Waals surface area contributed by atoms with Crippen molar-refractivity contribution in [3.8, 4) is 0 Å². The third-order valence-corrected chi connectivity index (χ3v) is 5.11. The quantitative estimate of drug-likeness (QED) is 0.690. The van der Waals surface area contributed by atoms with Crippen LogP contribution in [-0.2, 0) is 4.79 Å². The number of rotatable bonds is 8. The van der Waals surface area contributed by atoms with Crippen molar-refractivity contribution in [2.45, 2.75) is 39.7 Å². The normalized spacial score (nSPS) is 13.0. The number of anilines is 2. The van der Waals surface area contributed by atoms with E-state index in [9.17, 15) is 14.4 Å². The molecule has 0 bridgehead atoms. The lowest BCUT2D eigenvalue weighted by Crippen LogP contribution is -2.31. The van der Waals surface area contributed by atoms with Crippen molar-refractivity contribution in [1.82, 2.24) is 4.90 Å². The van der Waals surface area contributed by atoms with Crippen molar-refractivity contribution >= 4 is 29.1 Å². The van der Waals surface area contributed by atoms with E-state index in [4.69, 9.17) is 0 Å². The van der Waals surface area contributed by atoms with E-state index in [1.807, 2.05) is 24.3 Å². The Hall–Kier alpha value is -3.15. The maximum absolute atomic E-state index is 12.3. The highest BCUT2D eigenvalue weighted by Crippen LogP contribution is 2.23. The van der Waals surface area contributed by atoms with Gasteiger partial charge in [0.25, 0.3) is 11.8 Å². The zero-order valence-electron chi connectivity index (χ0n) is 17.1. The lowest BCUT2D eigenvalue weighted by atomic mass is 10.1. The Morgan fingerprint density at radius 3 is 2.10 bits per heavy atom. The van der Waals surface area contributed by atoms with Crippen LogP contribution in [0.3, 0.4) is 0 Å². The molecule has 0 radical (unpaired) electrons. The second-order valence-electron chi connectivity index (χ2n) is 7.39. The van der Waals surface area contributed by atoms with Crippen LogP contribution in [0.2, 0.25) is 0 Å². The first kappa shape index (κ1) is 20.6. The van der Waals surface area contributed by atoms with Crippen LogP contribution in [-0.4, -0.2) is 41.8 Å². The highest BCUT2D eigenvalue weighted by Gasteiger charge is 2.34. The van der Waals surface area contributed by atoms with Crippen LogP contribution in [0.1, 0.15) is 54.3 Å². The maximum atomic E-state index is 12.3. The molecule has 0 fully saturated rings. The van der Waals surface area contributed by atoms with Gasteiger partial charge in [0, 0.05) is 36.9 Å². The first-order valence-corrected chi connectivity index (χ1v) is 10.0. The van der Waals surface area contributed by atoms with Crippen LogP contribution in [0.5, 0.6) is 0 Å². The number of hydrogen-bond donors (Lipinski definition) is 1. The van der Waals surface area contributed by atoms with Gasteiger partial charge in [-0.25, -0.2) is 0 Å². The first-order valence-electron chi connectivity index (χ1n) is 10.0. The summed E-state index contributed by atoms with van der Waals surface area (Å²) < 4.78 is 0. The molecule has 0 unspecified atom stereocenters. The van der Waals surface area contributed by atoms with E-state index in [1.165, 1.54) is 4.90 Å². The Morgan fingerprint density at radius 1 is 1.00 bits per heavy atom. The molecule has 152 valence electrons. The summed E-state index contributed by atoms with van der Waals surface area (Å²) in [5.41, 5.74) is 2.72. The van der Waals surface area contributed by atoms with E-state index in [0.29, 0.717) is 23.6 Å². The van der Waals surface area contributed by atoms with E-state index in [1.54, 1.807) is 24.3 Å². The van der Waals surface area contributed by atoms with Crippen molar-refractivity contribution in [2.24, 2.45) is 0 Å². The SMILES string of the molecule is CCN(c1ccc(NC(=O)CCCN2C(=O)c3ccccc3C2=O)cc1)C(C)C. The molecule has 0 aliphatic carbocycles. The molecule has 3 amide bonds. The van der Waals surface area contributed by atoms with Gasteiger partial charge in [-0.05, 0) is 63.6 Å². The molecule has 0 saturated heterocycles. The van der Waals surface area contributed by atoms with Crippen LogP contribution < -0.4 is 10.2 Å². The molecule has 3 rings (SSSR count). The van der Waals surface area contributed by atoms with Gasteiger partial charge in [0.15, 0.2) is 0 Å². The minimum atomic E-state index is -0.285. The van der Waals surface area contributed by atoms with Crippen molar-refractivity contribution in [2.75, 3.05) is 23.3 Å². The summed E-state index contributed by atoms with van der Waals surface area (Å²) >= 11 is 0. The Bertz CT molecular complexity index is 871. The molecule has 29 heavy (non-hydrogen) atoms. The van der Waals surface area contributed by atoms with Gasteiger partial charge in [-0.1, -0.05) is 12.1 Å². The Labute approximate surface area is 171 Å². The summed E-state index contributed by atoms with van der Waals surface area (Å²) in [6.45, 7) is 7.56. The summed E-state index contributed by atoms with van der Waals surface area (Å²) in [6, 6.07) is 15.0. The number of benzene rings is 2. The average molecular weight is 393 g/mol. The number of fused-ring (bicyclic) bond motifs is 1. The third kappa shape index (κ3) is 4.47. The fraction of sp³-hybridized carbons (Fsp3) is 0.348. The zero-order chi connectivity index (χ0) is 21.0. The summed E-state index contributed by atoms with van der Waals surface area (Å²) in [7, 11) is 0. The van der Waals surface area contributed by atoms with E-state index in [-0.39, 0.29) is 30.7 Å². The molecule has 6 heteroatoms. The highest BCUT2D eigenvalue weighted by molar-refractivity contribution is 6.21. The lowest BCUT2D eigenvalue weighted by Gasteiger charge is -2.27. The number of nitrogens with zero attached hydrogens (tertiary/aromatic N) is 2. The van der Waals surface area contributed by atoms with Crippen LogP contribution in [0, 0.1) is 0 Å². The fourth-order valence-corrected chi connectivity index (χ4v) is 3.65.